The molecule has 1 aliphatic rings. The highest BCUT2D eigenvalue weighted by molar-refractivity contribution is 5.99. The number of aryl methyl sites for hydroxylation is 2. The van der Waals surface area contributed by atoms with Crippen molar-refractivity contribution in [3.05, 3.63) is 29.9 Å². The number of anilines is 2. The summed E-state index contributed by atoms with van der Waals surface area (Å²) in [7, 11) is 0. The highest BCUT2D eigenvalue weighted by Gasteiger charge is 2.23. The van der Waals surface area contributed by atoms with Crippen molar-refractivity contribution in [2.24, 2.45) is 0 Å². The van der Waals surface area contributed by atoms with E-state index in [1.807, 2.05) is 6.92 Å². The van der Waals surface area contributed by atoms with E-state index in [0.717, 1.165) is 12.8 Å². The Bertz CT molecular complexity index is 787. The van der Waals surface area contributed by atoms with Gasteiger partial charge in [0.05, 0.1) is 5.69 Å². The molecule has 8 heteroatoms. The molecular formula is C17H20N4O4. The maximum absolute atomic E-state index is 12.1. The van der Waals surface area contributed by atoms with Gasteiger partial charge in [0, 0.05) is 24.9 Å². The van der Waals surface area contributed by atoms with E-state index in [0.29, 0.717) is 35.3 Å². The van der Waals surface area contributed by atoms with Gasteiger partial charge in [-0.25, -0.2) is 0 Å². The van der Waals surface area contributed by atoms with E-state index in [2.05, 4.69) is 20.8 Å². The average molecular weight is 344 g/mol. The standard InChI is InChI=1S/C17H20N4O4/c1-3-4-14-20-16(25-21-14)8-7-15(22)18-11-5-6-13-12(9-11)19-17(23)10(2)24-13/h5-6,9-10H,3-4,7-8H2,1-2H3,(H,18,22)(H,19,23). The monoisotopic (exact) mass is 344 g/mol. The Hall–Kier alpha value is -2.90. The third-order valence-corrected chi connectivity index (χ3v) is 3.74. The molecule has 3 rings (SSSR count). The Kier molecular flexibility index (Phi) is 4.97. The molecule has 2 heterocycles. The Morgan fingerprint density at radius 2 is 2.20 bits per heavy atom. The molecule has 1 aromatic carbocycles. The molecule has 25 heavy (non-hydrogen) atoms. The van der Waals surface area contributed by atoms with Crippen LogP contribution in [0.4, 0.5) is 11.4 Å². The van der Waals surface area contributed by atoms with Crippen LogP contribution in [0.2, 0.25) is 0 Å². The number of fused-ring (bicyclic) bond motifs is 1. The van der Waals surface area contributed by atoms with Crippen LogP contribution < -0.4 is 15.4 Å². The van der Waals surface area contributed by atoms with Crippen molar-refractivity contribution in [2.45, 2.75) is 45.6 Å². The topological polar surface area (TPSA) is 106 Å². The number of nitrogens with one attached hydrogen (secondary N) is 2. The van der Waals surface area contributed by atoms with Crippen LogP contribution in [0.15, 0.2) is 22.7 Å². The van der Waals surface area contributed by atoms with Crippen LogP contribution in [-0.4, -0.2) is 28.1 Å². The molecule has 2 N–H and O–H groups in total. The van der Waals surface area contributed by atoms with E-state index in [1.54, 1.807) is 25.1 Å². The molecule has 0 radical (unpaired) electrons. The Labute approximate surface area is 144 Å². The van der Waals surface area contributed by atoms with E-state index in [9.17, 15) is 9.59 Å². The smallest absolute Gasteiger partial charge is 0.265 e. The molecule has 1 aromatic heterocycles. The van der Waals surface area contributed by atoms with Crippen LogP contribution in [0.3, 0.4) is 0 Å². The number of nitrogens with zero attached hydrogens (tertiary/aromatic N) is 2. The summed E-state index contributed by atoms with van der Waals surface area (Å²) in [6.07, 6.45) is 1.78. The first-order valence-corrected chi connectivity index (χ1v) is 8.28. The molecule has 132 valence electrons. The molecule has 0 fully saturated rings. The van der Waals surface area contributed by atoms with Gasteiger partial charge in [-0.05, 0) is 31.5 Å². The first-order valence-electron chi connectivity index (χ1n) is 8.28. The maximum Gasteiger partial charge on any atom is 0.265 e. The molecule has 1 atom stereocenters. The fourth-order valence-corrected chi connectivity index (χ4v) is 2.45. The summed E-state index contributed by atoms with van der Waals surface area (Å²) < 4.78 is 10.6. The van der Waals surface area contributed by atoms with Gasteiger partial charge in [0.1, 0.15) is 5.75 Å². The van der Waals surface area contributed by atoms with Gasteiger partial charge in [-0.1, -0.05) is 12.1 Å². The van der Waals surface area contributed by atoms with Crippen LogP contribution in [0.25, 0.3) is 0 Å². The molecule has 2 amide bonds. The molecule has 0 aliphatic carbocycles. The average Bonchev–Trinajstić information content (AvgIpc) is 3.02. The largest absolute Gasteiger partial charge is 0.479 e. The number of amides is 2. The van der Waals surface area contributed by atoms with Crippen LogP contribution in [0.5, 0.6) is 5.75 Å². The zero-order valence-corrected chi connectivity index (χ0v) is 14.2. The van der Waals surface area contributed by atoms with Crippen LogP contribution in [0.1, 0.15) is 38.4 Å². The third-order valence-electron chi connectivity index (χ3n) is 3.74. The zero-order chi connectivity index (χ0) is 17.8. The van der Waals surface area contributed by atoms with Crippen molar-refractivity contribution in [1.82, 2.24) is 10.1 Å². The quantitative estimate of drug-likeness (QED) is 0.833. The van der Waals surface area contributed by atoms with Gasteiger partial charge in [-0.15, -0.1) is 0 Å². The number of benzene rings is 1. The minimum absolute atomic E-state index is 0.174. The number of rotatable bonds is 6. The molecular weight excluding hydrogens is 324 g/mol. The van der Waals surface area contributed by atoms with Gasteiger partial charge in [-0.2, -0.15) is 4.98 Å². The van der Waals surface area contributed by atoms with Gasteiger partial charge in [-0.3, -0.25) is 9.59 Å². The first-order chi connectivity index (χ1) is 12.0. The van der Waals surface area contributed by atoms with Gasteiger partial charge in [0.25, 0.3) is 5.91 Å². The Morgan fingerprint density at radius 1 is 1.36 bits per heavy atom. The number of hydrogen-bond acceptors (Lipinski definition) is 6. The van der Waals surface area contributed by atoms with Gasteiger partial charge >= 0.3 is 0 Å². The number of ether oxygens (including phenoxy) is 1. The second-order valence-corrected chi connectivity index (χ2v) is 5.86. The highest BCUT2D eigenvalue weighted by atomic mass is 16.5. The zero-order valence-electron chi connectivity index (χ0n) is 14.2. The predicted molar refractivity (Wildman–Crippen MR) is 90.4 cm³/mol. The number of carbonyl (C=O) groups is 2. The Morgan fingerprint density at radius 3 is 3.00 bits per heavy atom. The third kappa shape index (κ3) is 4.14. The minimum Gasteiger partial charge on any atom is -0.479 e. The minimum atomic E-state index is -0.528. The van der Waals surface area contributed by atoms with Crippen molar-refractivity contribution >= 4 is 23.2 Å². The predicted octanol–water partition coefficient (Wildman–Crippen LogP) is 2.31. The summed E-state index contributed by atoms with van der Waals surface area (Å²) in [4.78, 5) is 28.0. The molecule has 1 unspecified atom stereocenters. The molecule has 0 saturated heterocycles. The van der Waals surface area contributed by atoms with E-state index >= 15 is 0 Å². The fraction of sp³-hybridized carbons (Fsp3) is 0.412. The van der Waals surface area contributed by atoms with Crippen LogP contribution in [0, 0.1) is 0 Å². The number of carbonyl (C=O) groups excluding carboxylic acids is 2. The van der Waals surface area contributed by atoms with E-state index in [-0.39, 0.29) is 18.2 Å². The van der Waals surface area contributed by atoms with Gasteiger partial charge in [0.2, 0.25) is 11.8 Å². The van der Waals surface area contributed by atoms with Crippen molar-refractivity contribution in [3.8, 4) is 5.75 Å². The summed E-state index contributed by atoms with van der Waals surface area (Å²) in [6, 6.07) is 5.12. The molecule has 0 bridgehead atoms. The molecule has 0 spiro atoms. The summed E-state index contributed by atoms with van der Waals surface area (Å²) in [6.45, 7) is 3.72. The highest BCUT2D eigenvalue weighted by Crippen LogP contribution is 2.32. The molecule has 2 aromatic rings. The summed E-state index contributed by atoms with van der Waals surface area (Å²) in [5.41, 5.74) is 1.13. The maximum atomic E-state index is 12.1. The van der Waals surface area contributed by atoms with Crippen LogP contribution >= 0.6 is 0 Å². The normalized spacial score (nSPS) is 15.9. The molecule has 0 saturated carbocycles. The Balaban J connectivity index is 1.56. The second kappa shape index (κ2) is 7.33. The second-order valence-electron chi connectivity index (χ2n) is 5.86. The summed E-state index contributed by atoms with van der Waals surface area (Å²) in [5, 5.41) is 9.39. The number of hydrogen-bond donors (Lipinski definition) is 2. The van der Waals surface area contributed by atoms with Crippen LogP contribution in [-0.2, 0) is 22.4 Å². The SMILES string of the molecule is CCCc1noc(CCC(=O)Nc2ccc3c(c2)NC(=O)C(C)O3)n1. The van der Waals surface area contributed by atoms with Crippen molar-refractivity contribution in [1.29, 1.82) is 0 Å². The van der Waals surface area contributed by atoms with Crippen molar-refractivity contribution < 1.29 is 18.8 Å². The summed E-state index contributed by atoms with van der Waals surface area (Å²) >= 11 is 0. The van der Waals surface area contributed by atoms with E-state index < -0.39 is 6.10 Å². The molecule has 8 nitrogen and oxygen atoms in total. The lowest BCUT2D eigenvalue weighted by atomic mass is 10.2. The first kappa shape index (κ1) is 16.9. The molecule has 1 aliphatic heterocycles. The lowest BCUT2D eigenvalue weighted by molar-refractivity contribution is -0.122. The van der Waals surface area contributed by atoms with E-state index in [1.165, 1.54) is 0 Å². The lowest BCUT2D eigenvalue weighted by Gasteiger charge is -2.23. The van der Waals surface area contributed by atoms with Gasteiger partial charge in [0.15, 0.2) is 11.9 Å². The fourth-order valence-electron chi connectivity index (χ4n) is 2.45. The van der Waals surface area contributed by atoms with Crippen molar-refractivity contribution in [3.63, 3.8) is 0 Å². The lowest BCUT2D eigenvalue weighted by Crippen LogP contribution is -2.34. The van der Waals surface area contributed by atoms with E-state index in [4.69, 9.17) is 9.26 Å². The van der Waals surface area contributed by atoms with Crippen molar-refractivity contribution in [2.75, 3.05) is 10.6 Å². The summed E-state index contributed by atoms with van der Waals surface area (Å²) in [5.74, 6) is 1.32. The van der Waals surface area contributed by atoms with Gasteiger partial charge < -0.3 is 19.9 Å². The number of aromatic nitrogens is 2.